The Balaban J connectivity index is 3.15. The molecule has 1 aromatic carbocycles. The zero-order valence-corrected chi connectivity index (χ0v) is 12.2. The fourth-order valence-electron chi connectivity index (χ4n) is 1.73. The Morgan fingerprint density at radius 1 is 1.39 bits per heavy atom. The topological polar surface area (TPSA) is 55.4 Å². The third-order valence-electron chi connectivity index (χ3n) is 2.74. The maximum atomic E-state index is 11.4. The lowest BCUT2D eigenvalue weighted by atomic mass is 10.1. The first-order valence-corrected chi connectivity index (χ1v) is 8.04. The van der Waals surface area contributed by atoms with Crippen LogP contribution >= 0.6 is 0 Å². The van der Waals surface area contributed by atoms with Gasteiger partial charge >= 0.3 is 0 Å². The molecule has 0 amide bonds. The minimum Gasteiger partial charge on any atom is -0.494 e. The van der Waals surface area contributed by atoms with Crippen LogP contribution in [0.4, 0.5) is 0 Å². The number of hydrogen-bond acceptors (Lipinski definition) is 4. The SMILES string of the molecule is CCOc1ccc(C(C)NC)cc1CS(C)(=O)=O. The van der Waals surface area contributed by atoms with Crippen molar-refractivity contribution in [3.63, 3.8) is 0 Å². The number of ether oxygens (including phenoxy) is 1. The van der Waals surface area contributed by atoms with Gasteiger partial charge in [0.05, 0.1) is 12.4 Å². The molecule has 102 valence electrons. The van der Waals surface area contributed by atoms with Crippen LogP contribution in [0.2, 0.25) is 0 Å². The summed E-state index contributed by atoms with van der Waals surface area (Å²) in [6.07, 6.45) is 1.23. The molecule has 1 rings (SSSR count). The molecule has 0 bridgehead atoms. The maximum absolute atomic E-state index is 11.4. The zero-order valence-electron chi connectivity index (χ0n) is 11.4. The number of nitrogens with one attached hydrogen (secondary N) is 1. The van der Waals surface area contributed by atoms with Gasteiger partial charge in [-0.05, 0) is 38.6 Å². The van der Waals surface area contributed by atoms with Gasteiger partial charge in [-0.3, -0.25) is 0 Å². The molecule has 0 spiro atoms. The van der Waals surface area contributed by atoms with Gasteiger partial charge < -0.3 is 10.1 Å². The van der Waals surface area contributed by atoms with Gasteiger partial charge in [-0.25, -0.2) is 8.42 Å². The Labute approximate surface area is 109 Å². The Hall–Kier alpha value is -1.07. The molecule has 1 unspecified atom stereocenters. The van der Waals surface area contributed by atoms with Crippen LogP contribution < -0.4 is 10.1 Å². The van der Waals surface area contributed by atoms with E-state index in [1.165, 1.54) is 6.26 Å². The van der Waals surface area contributed by atoms with Crippen molar-refractivity contribution >= 4 is 9.84 Å². The fraction of sp³-hybridized carbons (Fsp3) is 0.538. The lowest BCUT2D eigenvalue weighted by molar-refractivity contribution is 0.337. The Morgan fingerprint density at radius 2 is 2.06 bits per heavy atom. The summed E-state index contributed by atoms with van der Waals surface area (Å²) in [5.74, 6) is 0.655. The lowest BCUT2D eigenvalue weighted by Gasteiger charge is -2.15. The van der Waals surface area contributed by atoms with Crippen molar-refractivity contribution in [2.24, 2.45) is 0 Å². The van der Waals surface area contributed by atoms with E-state index in [-0.39, 0.29) is 11.8 Å². The molecule has 0 aliphatic heterocycles. The van der Waals surface area contributed by atoms with Gasteiger partial charge in [0.15, 0.2) is 9.84 Å². The van der Waals surface area contributed by atoms with E-state index in [9.17, 15) is 8.42 Å². The summed E-state index contributed by atoms with van der Waals surface area (Å²) in [6, 6.07) is 5.87. The van der Waals surface area contributed by atoms with E-state index in [4.69, 9.17) is 4.74 Å². The first-order chi connectivity index (χ1) is 8.37. The van der Waals surface area contributed by atoms with Crippen LogP contribution in [0.1, 0.15) is 31.0 Å². The molecule has 0 aromatic heterocycles. The molecule has 18 heavy (non-hydrogen) atoms. The molecule has 1 N–H and O–H groups in total. The van der Waals surface area contributed by atoms with Crippen molar-refractivity contribution in [3.8, 4) is 5.75 Å². The monoisotopic (exact) mass is 271 g/mol. The summed E-state index contributed by atoms with van der Waals surface area (Å²) < 4.78 is 28.3. The molecule has 5 heteroatoms. The summed E-state index contributed by atoms with van der Waals surface area (Å²) in [5.41, 5.74) is 1.78. The standard InChI is InChI=1S/C13H21NO3S/c1-5-17-13-7-6-11(10(2)14-3)8-12(13)9-18(4,15)16/h6-8,10,14H,5,9H2,1-4H3. The molecule has 0 saturated heterocycles. The smallest absolute Gasteiger partial charge is 0.151 e. The second-order valence-electron chi connectivity index (χ2n) is 4.38. The van der Waals surface area contributed by atoms with Crippen LogP contribution in [0.3, 0.4) is 0 Å². The molecule has 0 radical (unpaired) electrons. The second kappa shape index (κ2) is 6.20. The van der Waals surface area contributed by atoms with Gasteiger partial charge in [0.25, 0.3) is 0 Å². The van der Waals surface area contributed by atoms with Crippen LogP contribution in [0.5, 0.6) is 5.75 Å². The molecule has 0 saturated carbocycles. The van der Waals surface area contributed by atoms with Gasteiger partial charge in [0.2, 0.25) is 0 Å². The average molecular weight is 271 g/mol. The van der Waals surface area contributed by atoms with E-state index in [1.807, 2.05) is 39.1 Å². The number of rotatable bonds is 6. The zero-order chi connectivity index (χ0) is 13.8. The van der Waals surface area contributed by atoms with Crippen LogP contribution in [-0.2, 0) is 15.6 Å². The largest absolute Gasteiger partial charge is 0.494 e. The van der Waals surface area contributed by atoms with Crippen LogP contribution in [0.15, 0.2) is 18.2 Å². The van der Waals surface area contributed by atoms with Crippen LogP contribution in [-0.4, -0.2) is 28.3 Å². The highest BCUT2D eigenvalue weighted by Gasteiger charge is 2.13. The van der Waals surface area contributed by atoms with Crippen LogP contribution in [0, 0.1) is 0 Å². The number of benzene rings is 1. The summed E-state index contributed by atoms with van der Waals surface area (Å²) in [7, 11) is -1.20. The normalized spacial score (nSPS) is 13.3. The highest BCUT2D eigenvalue weighted by Crippen LogP contribution is 2.25. The summed E-state index contributed by atoms with van der Waals surface area (Å²) in [4.78, 5) is 0. The van der Waals surface area contributed by atoms with Crippen molar-refractivity contribution in [1.29, 1.82) is 0 Å². The Kier molecular flexibility index (Phi) is 5.16. The van der Waals surface area contributed by atoms with Crippen molar-refractivity contribution in [3.05, 3.63) is 29.3 Å². The quantitative estimate of drug-likeness (QED) is 0.858. The predicted molar refractivity (Wildman–Crippen MR) is 73.6 cm³/mol. The Bertz CT molecular complexity index is 497. The highest BCUT2D eigenvalue weighted by atomic mass is 32.2. The molecule has 0 fully saturated rings. The molecule has 0 aliphatic rings. The van der Waals surface area contributed by atoms with E-state index in [0.717, 1.165) is 11.1 Å². The first kappa shape index (κ1) is 15.0. The van der Waals surface area contributed by atoms with Gasteiger partial charge in [-0.15, -0.1) is 0 Å². The third kappa shape index (κ3) is 4.31. The highest BCUT2D eigenvalue weighted by molar-refractivity contribution is 7.89. The van der Waals surface area contributed by atoms with Gasteiger partial charge in [-0.1, -0.05) is 6.07 Å². The van der Waals surface area contributed by atoms with E-state index in [0.29, 0.717) is 12.4 Å². The molecular weight excluding hydrogens is 250 g/mol. The van der Waals surface area contributed by atoms with Gasteiger partial charge in [0, 0.05) is 17.9 Å². The van der Waals surface area contributed by atoms with E-state index in [2.05, 4.69) is 5.32 Å². The molecule has 0 heterocycles. The van der Waals surface area contributed by atoms with E-state index >= 15 is 0 Å². The fourth-order valence-corrected chi connectivity index (χ4v) is 2.52. The predicted octanol–water partition coefficient (Wildman–Crippen LogP) is 1.91. The van der Waals surface area contributed by atoms with Gasteiger partial charge in [-0.2, -0.15) is 0 Å². The van der Waals surface area contributed by atoms with Crippen molar-refractivity contribution < 1.29 is 13.2 Å². The van der Waals surface area contributed by atoms with Crippen molar-refractivity contribution in [1.82, 2.24) is 5.32 Å². The van der Waals surface area contributed by atoms with Crippen molar-refractivity contribution in [2.45, 2.75) is 25.6 Å². The summed E-state index contributed by atoms with van der Waals surface area (Å²) in [6.45, 7) is 4.44. The Morgan fingerprint density at radius 3 is 2.56 bits per heavy atom. The van der Waals surface area contributed by atoms with Crippen molar-refractivity contribution in [2.75, 3.05) is 19.9 Å². The second-order valence-corrected chi connectivity index (χ2v) is 6.52. The van der Waals surface area contributed by atoms with E-state index in [1.54, 1.807) is 0 Å². The molecule has 1 aromatic rings. The minimum atomic E-state index is -3.07. The van der Waals surface area contributed by atoms with Gasteiger partial charge in [0.1, 0.15) is 5.75 Å². The van der Waals surface area contributed by atoms with E-state index < -0.39 is 9.84 Å². The summed E-state index contributed by atoms with van der Waals surface area (Å²) in [5, 5.41) is 3.13. The number of hydrogen-bond donors (Lipinski definition) is 1. The maximum Gasteiger partial charge on any atom is 0.151 e. The van der Waals surface area contributed by atoms with Crippen LogP contribution in [0.25, 0.3) is 0 Å². The molecule has 1 atom stereocenters. The minimum absolute atomic E-state index is 0.00656. The summed E-state index contributed by atoms with van der Waals surface area (Å²) >= 11 is 0. The molecule has 4 nitrogen and oxygen atoms in total. The first-order valence-electron chi connectivity index (χ1n) is 5.98. The molecule has 0 aliphatic carbocycles. The lowest BCUT2D eigenvalue weighted by Crippen LogP contribution is -2.13. The number of sulfone groups is 1. The average Bonchev–Trinajstić information content (AvgIpc) is 2.28. The third-order valence-corrected chi connectivity index (χ3v) is 3.57. The molecular formula is C13H21NO3S.